The lowest BCUT2D eigenvalue weighted by Gasteiger charge is -2.08. The van der Waals surface area contributed by atoms with Crippen LogP contribution in [0.15, 0.2) is 6.07 Å². The van der Waals surface area contributed by atoms with Gasteiger partial charge in [-0.05, 0) is 19.9 Å². The first-order valence-electron chi connectivity index (χ1n) is 4.60. The van der Waals surface area contributed by atoms with Crippen LogP contribution in [0.3, 0.4) is 0 Å². The predicted octanol–water partition coefficient (Wildman–Crippen LogP) is 1.83. The number of nitrogen functional groups attached to an aromatic ring is 1. The Kier molecular flexibility index (Phi) is 4.11. The summed E-state index contributed by atoms with van der Waals surface area (Å²) in [4.78, 5) is 13.0. The van der Waals surface area contributed by atoms with E-state index in [1.165, 1.54) is 11.3 Å². The maximum atomic E-state index is 11.5. The van der Waals surface area contributed by atoms with Crippen molar-refractivity contribution in [2.75, 3.05) is 19.5 Å². The second-order valence-corrected chi connectivity index (χ2v) is 4.52. The first-order valence-corrected chi connectivity index (χ1v) is 5.42. The SMILES string of the molecule is COC(C)COC(=O)c1cc(N)c(C)s1. The van der Waals surface area contributed by atoms with Gasteiger partial charge in [0.2, 0.25) is 0 Å². The summed E-state index contributed by atoms with van der Waals surface area (Å²) < 4.78 is 10.0. The molecule has 1 unspecified atom stereocenters. The average molecular weight is 229 g/mol. The fourth-order valence-electron chi connectivity index (χ4n) is 0.929. The maximum Gasteiger partial charge on any atom is 0.348 e. The zero-order valence-corrected chi connectivity index (χ0v) is 9.89. The van der Waals surface area contributed by atoms with E-state index in [1.807, 2.05) is 13.8 Å². The molecule has 1 heterocycles. The lowest BCUT2D eigenvalue weighted by atomic mass is 10.4. The summed E-state index contributed by atoms with van der Waals surface area (Å²) in [5, 5.41) is 0. The van der Waals surface area contributed by atoms with Gasteiger partial charge in [-0.15, -0.1) is 11.3 Å². The molecule has 0 saturated heterocycles. The number of anilines is 1. The Morgan fingerprint density at radius 3 is 2.80 bits per heavy atom. The molecule has 1 aromatic rings. The maximum absolute atomic E-state index is 11.5. The van der Waals surface area contributed by atoms with Gasteiger partial charge in [0.1, 0.15) is 11.5 Å². The van der Waals surface area contributed by atoms with Gasteiger partial charge in [0.05, 0.1) is 6.10 Å². The third kappa shape index (κ3) is 3.21. The molecule has 0 bridgehead atoms. The largest absolute Gasteiger partial charge is 0.459 e. The second kappa shape index (κ2) is 5.14. The third-order valence-corrected chi connectivity index (χ3v) is 3.06. The average Bonchev–Trinajstić information content (AvgIpc) is 2.55. The van der Waals surface area contributed by atoms with Gasteiger partial charge in [-0.3, -0.25) is 0 Å². The smallest absolute Gasteiger partial charge is 0.348 e. The summed E-state index contributed by atoms with van der Waals surface area (Å²) in [5.74, 6) is -0.344. The molecule has 0 fully saturated rings. The molecule has 0 radical (unpaired) electrons. The number of nitrogens with two attached hydrogens (primary N) is 1. The number of hydrogen-bond donors (Lipinski definition) is 1. The Balaban J connectivity index is 2.54. The minimum atomic E-state index is -0.344. The van der Waals surface area contributed by atoms with Gasteiger partial charge in [0.15, 0.2) is 0 Å². The van der Waals surface area contributed by atoms with Crippen LogP contribution in [0.1, 0.15) is 21.5 Å². The zero-order chi connectivity index (χ0) is 11.4. The van der Waals surface area contributed by atoms with Crippen LogP contribution in [0.4, 0.5) is 5.69 Å². The number of carbonyl (C=O) groups is 1. The van der Waals surface area contributed by atoms with Crippen molar-refractivity contribution < 1.29 is 14.3 Å². The van der Waals surface area contributed by atoms with E-state index < -0.39 is 0 Å². The van der Waals surface area contributed by atoms with E-state index in [-0.39, 0.29) is 18.7 Å². The highest BCUT2D eigenvalue weighted by Gasteiger charge is 2.13. The van der Waals surface area contributed by atoms with Gasteiger partial charge >= 0.3 is 5.97 Å². The van der Waals surface area contributed by atoms with Crippen molar-refractivity contribution in [1.82, 2.24) is 0 Å². The fourth-order valence-corrected chi connectivity index (χ4v) is 1.76. The van der Waals surface area contributed by atoms with E-state index >= 15 is 0 Å². The van der Waals surface area contributed by atoms with Crippen LogP contribution >= 0.6 is 11.3 Å². The first-order chi connectivity index (χ1) is 7.04. The topological polar surface area (TPSA) is 61.5 Å². The molecule has 84 valence electrons. The molecule has 0 aromatic carbocycles. The minimum absolute atomic E-state index is 0.0904. The van der Waals surface area contributed by atoms with Crippen LogP contribution in [-0.2, 0) is 9.47 Å². The highest BCUT2D eigenvalue weighted by molar-refractivity contribution is 7.14. The van der Waals surface area contributed by atoms with Crippen LogP contribution in [0, 0.1) is 6.92 Å². The molecule has 1 aromatic heterocycles. The Bertz CT molecular complexity index is 329. The highest BCUT2D eigenvalue weighted by atomic mass is 32.1. The van der Waals surface area contributed by atoms with Gasteiger partial charge in [-0.25, -0.2) is 4.79 Å². The van der Waals surface area contributed by atoms with Gasteiger partial charge in [0.25, 0.3) is 0 Å². The molecule has 4 nitrogen and oxygen atoms in total. The highest BCUT2D eigenvalue weighted by Crippen LogP contribution is 2.23. The molecule has 0 saturated carbocycles. The van der Waals surface area contributed by atoms with E-state index in [4.69, 9.17) is 15.2 Å². The van der Waals surface area contributed by atoms with E-state index in [0.717, 1.165) is 4.88 Å². The summed E-state index contributed by atoms with van der Waals surface area (Å²) >= 11 is 1.34. The van der Waals surface area contributed by atoms with Crippen LogP contribution in [0.25, 0.3) is 0 Å². The fraction of sp³-hybridized carbons (Fsp3) is 0.500. The van der Waals surface area contributed by atoms with Crippen molar-refractivity contribution in [3.8, 4) is 0 Å². The summed E-state index contributed by atoms with van der Waals surface area (Å²) in [6, 6.07) is 1.64. The number of rotatable bonds is 4. The number of ether oxygens (including phenoxy) is 2. The summed E-state index contributed by atoms with van der Waals surface area (Å²) in [5.41, 5.74) is 6.27. The Morgan fingerprint density at radius 2 is 2.33 bits per heavy atom. The monoisotopic (exact) mass is 229 g/mol. The number of thiophene rings is 1. The van der Waals surface area contributed by atoms with Gasteiger partial charge in [-0.1, -0.05) is 0 Å². The molecule has 0 aliphatic rings. The molecule has 1 rings (SSSR count). The molecular formula is C10H15NO3S. The van der Waals surface area contributed by atoms with Crippen LogP contribution < -0.4 is 5.73 Å². The van der Waals surface area contributed by atoms with E-state index in [1.54, 1.807) is 13.2 Å². The molecule has 2 N–H and O–H groups in total. The van der Waals surface area contributed by atoms with Crippen LogP contribution in [0.2, 0.25) is 0 Å². The number of methoxy groups -OCH3 is 1. The van der Waals surface area contributed by atoms with Crippen molar-refractivity contribution in [2.24, 2.45) is 0 Å². The van der Waals surface area contributed by atoms with Crippen molar-refractivity contribution in [3.05, 3.63) is 15.8 Å². The van der Waals surface area contributed by atoms with Crippen molar-refractivity contribution in [3.63, 3.8) is 0 Å². The number of carbonyl (C=O) groups excluding carboxylic acids is 1. The molecule has 0 amide bonds. The minimum Gasteiger partial charge on any atom is -0.459 e. The summed E-state index contributed by atoms with van der Waals surface area (Å²) in [6.07, 6.45) is -0.0904. The van der Waals surface area contributed by atoms with E-state index in [9.17, 15) is 4.79 Å². The van der Waals surface area contributed by atoms with E-state index in [0.29, 0.717) is 10.6 Å². The lowest BCUT2D eigenvalue weighted by Crippen LogP contribution is -2.17. The Labute approximate surface area is 93.0 Å². The standard InChI is InChI=1S/C10H15NO3S/c1-6(13-3)5-14-10(12)9-4-8(11)7(2)15-9/h4,6H,5,11H2,1-3H3. The first kappa shape index (κ1) is 12.0. The van der Waals surface area contributed by atoms with Gasteiger partial charge in [0, 0.05) is 17.7 Å². The zero-order valence-electron chi connectivity index (χ0n) is 9.07. The molecule has 5 heteroatoms. The molecule has 15 heavy (non-hydrogen) atoms. The third-order valence-electron chi connectivity index (χ3n) is 2.01. The molecule has 0 aliphatic heterocycles. The predicted molar refractivity (Wildman–Crippen MR) is 60.2 cm³/mol. The number of aryl methyl sites for hydroxylation is 1. The number of hydrogen-bond acceptors (Lipinski definition) is 5. The summed E-state index contributed by atoms with van der Waals surface area (Å²) in [6.45, 7) is 3.96. The molecular weight excluding hydrogens is 214 g/mol. The normalized spacial score (nSPS) is 12.5. The van der Waals surface area contributed by atoms with Crippen LogP contribution in [-0.4, -0.2) is 25.8 Å². The Morgan fingerprint density at radius 1 is 1.67 bits per heavy atom. The molecule has 0 aliphatic carbocycles. The second-order valence-electron chi connectivity index (χ2n) is 3.27. The lowest BCUT2D eigenvalue weighted by molar-refractivity contribution is 0.0173. The quantitative estimate of drug-likeness (QED) is 0.800. The van der Waals surface area contributed by atoms with Crippen molar-refractivity contribution in [1.29, 1.82) is 0 Å². The van der Waals surface area contributed by atoms with Crippen LogP contribution in [0.5, 0.6) is 0 Å². The molecule has 1 atom stereocenters. The number of esters is 1. The van der Waals surface area contributed by atoms with Gasteiger partial charge < -0.3 is 15.2 Å². The van der Waals surface area contributed by atoms with E-state index in [2.05, 4.69) is 0 Å². The summed E-state index contributed by atoms with van der Waals surface area (Å²) in [7, 11) is 1.58. The molecule has 0 spiro atoms. The van der Waals surface area contributed by atoms with Gasteiger partial charge in [-0.2, -0.15) is 0 Å². The van der Waals surface area contributed by atoms with Crippen molar-refractivity contribution >= 4 is 23.0 Å². The Hall–Kier alpha value is -1.07. The van der Waals surface area contributed by atoms with Crippen molar-refractivity contribution in [2.45, 2.75) is 20.0 Å².